The Morgan fingerprint density at radius 3 is 2.22 bits per heavy atom. The molecule has 0 amide bonds. The van der Waals surface area contributed by atoms with Crippen LogP contribution in [0.25, 0.3) is 0 Å². The molecule has 52 valence electrons. The van der Waals surface area contributed by atoms with Crippen molar-refractivity contribution < 1.29 is 0 Å². The summed E-state index contributed by atoms with van der Waals surface area (Å²) in [5, 5.41) is 7.08. The maximum Gasteiger partial charge on any atom is 0.0942 e. The van der Waals surface area contributed by atoms with Crippen LogP contribution in [0.15, 0.2) is 0 Å². The molecule has 0 aromatic heterocycles. The summed E-state index contributed by atoms with van der Waals surface area (Å²) < 4.78 is 0. The SMILES string of the molecule is Cl.N=C(N)C1CC12CC2. The van der Waals surface area contributed by atoms with Crippen LogP contribution in [0.1, 0.15) is 19.3 Å². The summed E-state index contributed by atoms with van der Waals surface area (Å²) in [6, 6.07) is 0. The lowest BCUT2D eigenvalue weighted by Crippen LogP contribution is -2.12. The first-order valence-electron chi connectivity index (χ1n) is 3.08. The monoisotopic (exact) mass is 146 g/mol. The van der Waals surface area contributed by atoms with Gasteiger partial charge in [-0.3, -0.25) is 5.41 Å². The van der Waals surface area contributed by atoms with Crippen LogP contribution in [0.5, 0.6) is 0 Å². The molecule has 2 aliphatic rings. The normalized spacial score (nSPS) is 33.1. The number of halogens is 1. The second-order valence-electron chi connectivity index (χ2n) is 3.07. The Morgan fingerprint density at radius 2 is 2.11 bits per heavy atom. The van der Waals surface area contributed by atoms with Crippen LogP contribution < -0.4 is 5.73 Å². The Kier molecular flexibility index (Phi) is 1.24. The fourth-order valence-electron chi connectivity index (χ4n) is 1.50. The minimum Gasteiger partial charge on any atom is -0.387 e. The summed E-state index contributed by atoms with van der Waals surface area (Å²) in [5.74, 6) is 0.907. The van der Waals surface area contributed by atoms with Gasteiger partial charge in [0.1, 0.15) is 0 Å². The van der Waals surface area contributed by atoms with Crippen LogP contribution in [0.4, 0.5) is 0 Å². The Bertz CT molecular complexity index is 151. The van der Waals surface area contributed by atoms with E-state index in [1.54, 1.807) is 0 Å². The Labute approximate surface area is 60.7 Å². The number of nitrogens with one attached hydrogen (secondary N) is 1. The van der Waals surface area contributed by atoms with Gasteiger partial charge in [-0.05, 0) is 24.7 Å². The van der Waals surface area contributed by atoms with Crippen molar-refractivity contribution in [2.75, 3.05) is 0 Å². The molecule has 0 aliphatic heterocycles. The average molecular weight is 147 g/mol. The molecule has 0 saturated heterocycles. The number of amidine groups is 1. The molecule has 3 heteroatoms. The van der Waals surface area contributed by atoms with E-state index in [9.17, 15) is 0 Å². The van der Waals surface area contributed by atoms with Crippen LogP contribution in [0, 0.1) is 16.7 Å². The van der Waals surface area contributed by atoms with E-state index in [0.29, 0.717) is 17.2 Å². The highest BCUT2D eigenvalue weighted by atomic mass is 35.5. The quantitative estimate of drug-likeness (QED) is 0.423. The van der Waals surface area contributed by atoms with E-state index in [2.05, 4.69) is 0 Å². The summed E-state index contributed by atoms with van der Waals surface area (Å²) >= 11 is 0. The van der Waals surface area contributed by atoms with E-state index in [1.165, 1.54) is 19.3 Å². The third-order valence-corrected chi connectivity index (χ3v) is 2.46. The van der Waals surface area contributed by atoms with Crippen LogP contribution >= 0.6 is 12.4 Å². The lowest BCUT2D eigenvalue weighted by molar-refractivity contribution is 0.839. The highest BCUT2D eigenvalue weighted by Crippen LogP contribution is 2.70. The van der Waals surface area contributed by atoms with E-state index in [-0.39, 0.29) is 12.4 Å². The van der Waals surface area contributed by atoms with Gasteiger partial charge in [0.2, 0.25) is 0 Å². The zero-order chi connectivity index (χ0) is 5.78. The van der Waals surface area contributed by atoms with E-state index >= 15 is 0 Å². The zero-order valence-electron chi connectivity index (χ0n) is 5.18. The van der Waals surface area contributed by atoms with Gasteiger partial charge < -0.3 is 5.73 Å². The summed E-state index contributed by atoms with van der Waals surface area (Å²) in [4.78, 5) is 0. The highest BCUT2D eigenvalue weighted by molar-refractivity contribution is 5.85. The molecule has 0 heterocycles. The van der Waals surface area contributed by atoms with Gasteiger partial charge >= 0.3 is 0 Å². The molecule has 0 radical (unpaired) electrons. The maximum atomic E-state index is 7.08. The van der Waals surface area contributed by atoms with Crippen molar-refractivity contribution in [3.8, 4) is 0 Å². The third-order valence-electron chi connectivity index (χ3n) is 2.46. The third kappa shape index (κ3) is 0.816. The first kappa shape index (κ1) is 6.87. The van der Waals surface area contributed by atoms with E-state index in [4.69, 9.17) is 11.1 Å². The fourth-order valence-corrected chi connectivity index (χ4v) is 1.50. The van der Waals surface area contributed by atoms with Crippen LogP contribution in [0.2, 0.25) is 0 Å². The van der Waals surface area contributed by atoms with Gasteiger partial charge in [0.15, 0.2) is 0 Å². The predicted octanol–water partition coefficient (Wildman–Crippen LogP) is 1.14. The van der Waals surface area contributed by atoms with E-state index < -0.39 is 0 Å². The van der Waals surface area contributed by atoms with Crippen LogP contribution in [0.3, 0.4) is 0 Å². The molecular weight excluding hydrogens is 136 g/mol. The van der Waals surface area contributed by atoms with Gasteiger partial charge in [-0.25, -0.2) is 0 Å². The standard InChI is InChI=1S/C6H10N2.ClH/c7-5(8)4-3-6(4)1-2-6;/h4H,1-3H2,(H3,7,8);1H. The summed E-state index contributed by atoms with van der Waals surface area (Å²) in [5.41, 5.74) is 5.89. The topological polar surface area (TPSA) is 49.9 Å². The molecule has 2 nitrogen and oxygen atoms in total. The molecule has 1 unspecified atom stereocenters. The first-order valence-corrected chi connectivity index (χ1v) is 3.08. The van der Waals surface area contributed by atoms with Crippen molar-refractivity contribution in [2.45, 2.75) is 19.3 Å². The summed E-state index contributed by atoms with van der Waals surface area (Å²) in [7, 11) is 0. The Balaban J connectivity index is 0.000000405. The second-order valence-corrected chi connectivity index (χ2v) is 3.07. The minimum absolute atomic E-state index is 0. The van der Waals surface area contributed by atoms with Crippen molar-refractivity contribution >= 4 is 18.2 Å². The smallest absolute Gasteiger partial charge is 0.0942 e. The van der Waals surface area contributed by atoms with Gasteiger partial charge in [-0.15, -0.1) is 12.4 Å². The van der Waals surface area contributed by atoms with Gasteiger partial charge in [0.05, 0.1) is 5.84 Å². The van der Waals surface area contributed by atoms with E-state index in [1.807, 2.05) is 0 Å². The van der Waals surface area contributed by atoms with Crippen molar-refractivity contribution in [2.24, 2.45) is 17.1 Å². The predicted molar refractivity (Wildman–Crippen MR) is 38.9 cm³/mol. The lowest BCUT2D eigenvalue weighted by atomic mass is 10.3. The Hall–Kier alpha value is -0.240. The van der Waals surface area contributed by atoms with Crippen LogP contribution in [-0.4, -0.2) is 5.84 Å². The van der Waals surface area contributed by atoms with Crippen molar-refractivity contribution in [1.82, 2.24) is 0 Å². The summed E-state index contributed by atoms with van der Waals surface area (Å²) in [6.07, 6.45) is 3.87. The molecule has 1 atom stereocenters. The minimum atomic E-state index is 0. The van der Waals surface area contributed by atoms with Gasteiger partial charge in [0.25, 0.3) is 0 Å². The molecule has 0 bridgehead atoms. The van der Waals surface area contributed by atoms with Gasteiger partial charge in [-0.2, -0.15) is 0 Å². The number of hydrogen-bond donors (Lipinski definition) is 2. The largest absolute Gasteiger partial charge is 0.387 e. The maximum absolute atomic E-state index is 7.08. The molecule has 2 rings (SSSR count). The lowest BCUT2D eigenvalue weighted by Gasteiger charge is -1.88. The molecule has 3 N–H and O–H groups in total. The van der Waals surface area contributed by atoms with E-state index in [0.717, 1.165) is 0 Å². The highest BCUT2D eigenvalue weighted by Gasteiger charge is 2.63. The van der Waals surface area contributed by atoms with Gasteiger partial charge in [-0.1, -0.05) is 0 Å². The van der Waals surface area contributed by atoms with Crippen molar-refractivity contribution in [1.29, 1.82) is 5.41 Å². The van der Waals surface area contributed by atoms with Crippen molar-refractivity contribution in [3.63, 3.8) is 0 Å². The van der Waals surface area contributed by atoms with Gasteiger partial charge in [0, 0.05) is 5.92 Å². The number of rotatable bonds is 1. The second kappa shape index (κ2) is 1.63. The molecule has 0 aromatic carbocycles. The molecule has 0 aromatic rings. The fraction of sp³-hybridized carbons (Fsp3) is 0.833. The molecule has 9 heavy (non-hydrogen) atoms. The van der Waals surface area contributed by atoms with Crippen LogP contribution in [-0.2, 0) is 0 Å². The molecule has 2 fully saturated rings. The van der Waals surface area contributed by atoms with Crippen molar-refractivity contribution in [3.05, 3.63) is 0 Å². The average Bonchev–Trinajstić information content (AvgIpc) is 2.50. The zero-order valence-corrected chi connectivity index (χ0v) is 6.00. The summed E-state index contributed by atoms with van der Waals surface area (Å²) in [6.45, 7) is 0. The molecular formula is C6H11ClN2. The number of nitrogens with two attached hydrogens (primary N) is 1. The molecule has 2 aliphatic carbocycles. The number of hydrogen-bond acceptors (Lipinski definition) is 1. The Morgan fingerprint density at radius 1 is 1.56 bits per heavy atom. The molecule has 1 spiro atoms. The first-order chi connectivity index (χ1) is 3.75. The molecule has 2 saturated carbocycles.